The van der Waals surface area contributed by atoms with Crippen LogP contribution in [-0.4, -0.2) is 33.9 Å². The highest BCUT2D eigenvalue weighted by atomic mass is 16.5. The second-order valence-electron chi connectivity index (χ2n) is 7.41. The Hall–Kier alpha value is -2.41. The molecule has 2 aromatic rings. The summed E-state index contributed by atoms with van der Waals surface area (Å²) in [5, 5.41) is 19.3. The third-order valence-corrected chi connectivity index (χ3v) is 3.80. The van der Waals surface area contributed by atoms with E-state index in [0.717, 1.165) is 5.56 Å². The molecule has 0 fully saturated rings. The summed E-state index contributed by atoms with van der Waals surface area (Å²) in [7, 11) is 0. The highest BCUT2D eigenvalue weighted by molar-refractivity contribution is 5.89. The monoisotopic (exact) mass is 346 g/mol. The molecule has 2 rings (SSSR count). The number of aromatic nitrogens is 2. The zero-order chi connectivity index (χ0) is 18.6. The van der Waals surface area contributed by atoms with Crippen LogP contribution in [0.5, 0.6) is 0 Å². The van der Waals surface area contributed by atoms with Gasteiger partial charge in [0.1, 0.15) is 0 Å². The van der Waals surface area contributed by atoms with Crippen LogP contribution in [-0.2, 0) is 0 Å². The summed E-state index contributed by atoms with van der Waals surface area (Å²) in [6.07, 6.45) is -0.617. The number of nitrogens with one attached hydrogen (secondary N) is 2. The summed E-state index contributed by atoms with van der Waals surface area (Å²) in [4.78, 5) is 16.2. The quantitative estimate of drug-likeness (QED) is 0.770. The van der Waals surface area contributed by atoms with Crippen LogP contribution in [0.2, 0.25) is 0 Å². The van der Waals surface area contributed by atoms with Gasteiger partial charge >= 0.3 is 6.03 Å². The molecule has 0 saturated heterocycles. The average molecular weight is 346 g/mol. The largest absolute Gasteiger partial charge is 0.391 e. The molecule has 1 atom stereocenters. The van der Waals surface area contributed by atoms with E-state index in [0.29, 0.717) is 17.4 Å². The van der Waals surface area contributed by atoms with E-state index in [-0.39, 0.29) is 23.9 Å². The van der Waals surface area contributed by atoms with Crippen molar-refractivity contribution in [1.82, 2.24) is 15.5 Å². The number of amides is 2. The summed E-state index contributed by atoms with van der Waals surface area (Å²) < 4.78 is 5.24. The van der Waals surface area contributed by atoms with Crippen molar-refractivity contribution in [2.75, 3.05) is 11.9 Å². The first-order valence-corrected chi connectivity index (χ1v) is 8.34. The molecule has 1 aromatic heterocycles. The van der Waals surface area contributed by atoms with Crippen LogP contribution >= 0.6 is 0 Å². The highest BCUT2D eigenvalue weighted by Gasteiger charge is 2.22. The van der Waals surface area contributed by atoms with Crippen molar-refractivity contribution in [1.29, 1.82) is 0 Å². The summed E-state index contributed by atoms with van der Waals surface area (Å²) >= 11 is 0. The number of hydrogen-bond acceptors (Lipinski definition) is 5. The minimum atomic E-state index is -0.617. The molecule has 136 valence electrons. The van der Waals surface area contributed by atoms with Crippen molar-refractivity contribution in [3.63, 3.8) is 0 Å². The van der Waals surface area contributed by atoms with Crippen LogP contribution < -0.4 is 10.6 Å². The summed E-state index contributed by atoms with van der Waals surface area (Å²) in [6.45, 7) is 9.93. The first-order valence-electron chi connectivity index (χ1n) is 8.34. The van der Waals surface area contributed by atoms with E-state index in [1.165, 1.54) is 0 Å². The Morgan fingerprint density at radius 1 is 1.24 bits per heavy atom. The summed E-state index contributed by atoms with van der Waals surface area (Å²) in [5.74, 6) is 1.31. The standard InChI is InChI=1S/C18H26N4O3/c1-11(2)15-21-16(25-22-15)12-6-8-13(9-7-12)20-17(24)19-10-14(23)18(3,4)5/h6-9,11,14,23H,10H2,1-5H3,(H2,19,20,24). The predicted molar refractivity (Wildman–Crippen MR) is 96.3 cm³/mol. The van der Waals surface area contributed by atoms with E-state index >= 15 is 0 Å². The molecule has 25 heavy (non-hydrogen) atoms. The second kappa shape index (κ2) is 7.65. The number of rotatable bonds is 5. The normalized spacial score (nSPS) is 12.9. The van der Waals surface area contributed by atoms with Gasteiger partial charge in [0.2, 0.25) is 0 Å². The van der Waals surface area contributed by atoms with Gasteiger partial charge in [-0.2, -0.15) is 4.98 Å². The topological polar surface area (TPSA) is 100 Å². The van der Waals surface area contributed by atoms with Gasteiger partial charge in [-0.25, -0.2) is 4.79 Å². The van der Waals surface area contributed by atoms with E-state index in [2.05, 4.69) is 20.8 Å². The summed E-state index contributed by atoms with van der Waals surface area (Å²) in [5.41, 5.74) is 1.14. The van der Waals surface area contributed by atoms with E-state index in [1.807, 2.05) is 34.6 Å². The third-order valence-electron chi connectivity index (χ3n) is 3.80. The zero-order valence-electron chi connectivity index (χ0n) is 15.3. The first-order chi connectivity index (χ1) is 11.7. The third kappa shape index (κ3) is 5.29. The molecule has 7 nitrogen and oxygen atoms in total. The number of nitrogens with zero attached hydrogens (tertiary/aromatic N) is 2. The van der Waals surface area contributed by atoms with Crippen molar-refractivity contribution in [2.24, 2.45) is 5.41 Å². The number of carbonyl (C=O) groups excluding carboxylic acids is 1. The van der Waals surface area contributed by atoms with Crippen molar-refractivity contribution in [3.8, 4) is 11.5 Å². The molecule has 7 heteroatoms. The molecule has 0 saturated carbocycles. The van der Waals surface area contributed by atoms with Gasteiger partial charge in [-0.1, -0.05) is 39.8 Å². The average Bonchev–Trinajstić information content (AvgIpc) is 3.02. The number of carbonyl (C=O) groups is 1. The molecular weight excluding hydrogens is 320 g/mol. The predicted octanol–water partition coefficient (Wildman–Crippen LogP) is 3.39. The molecule has 3 N–H and O–H groups in total. The van der Waals surface area contributed by atoms with Crippen molar-refractivity contribution in [2.45, 2.75) is 46.6 Å². The van der Waals surface area contributed by atoms with E-state index in [1.54, 1.807) is 24.3 Å². The van der Waals surface area contributed by atoms with Crippen LogP contribution in [0.25, 0.3) is 11.5 Å². The van der Waals surface area contributed by atoms with Gasteiger partial charge in [0.25, 0.3) is 5.89 Å². The first kappa shape index (κ1) is 18.9. The lowest BCUT2D eigenvalue weighted by Crippen LogP contribution is -2.40. The molecule has 2 amide bonds. The number of benzene rings is 1. The van der Waals surface area contributed by atoms with Gasteiger partial charge in [-0.05, 0) is 29.7 Å². The molecule has 0 spiro atoms. The Morgan fingerprint density at radius 3 is 2.40 bits per heavy atom. The van der Waals surface area contributed by atoms with Crippen LogP contribution in [0.15, 0.2) is 28.8 Å². The maximum Gasteiger partial charge on any atom is 0.319 e. The molecule has 0 bridgehead atoms. The van der Waals surface area contributed by atoms with Crippen molar-refractivity contribution >= 4 is 11.7 Å². The molecule has 0 aliphatic carbocycles. The molecule has 0 aliphatic rings. The lowest BCUT2D eigenvalue weighted by Gasteiger charge is -2.25. The minimum Gasteiger partial charge on any atom is -0.391 e. The van der Waals surface area contributed by atoms with Gasteiger partial charge in [0.15, 0.2) is 5.82 Å². The number of hydrogen-bond donors (Lipinski definition) is 3. The minimum absolute atomic E-state index is 0.188. The van der Waals surface area contributed by atoms with Crippen molar-refractivity contribution in [3.05, 3.63) is 30.1 Å². The number of anilines is 1. The molecule has 1 heterocycles. The van der Waals surface area contributed by atoms with E-state index in [4.69, 9.17) is 4.52 Å². The maximum atomic E-state index is 11.9. The van der Waals surface area contributed by atoms with Gasteiger partial charge in [-0.15, -0.1) is 0 Å². The lowest BCUT2D eigenvalue weighted by atomic mass is 9.89. The number of aliphatic hydroxyl groups is 1. The Balaban J connectivity index is 1.92. The highest BCUT2D eigenvalue weighted by Crippen LogP contribution is 2.22. The summed E-state index contributed by atoms with van der Waals surface area (Å²) in [6, 6.07) is 6.76. The molecule has 0 aliphatic heterocycles. The molecular formula is C18H26N4O3. The number of urea groups is 1. The van der Waals surface area contributed by atoms with Crippen LogP contribution in [0, 0.1) is 5.41 Å². The lowest BCUT2D eigenvalue weighted by molar-refractivity contribution is 0.0654. The van der Waals surface area contributed by atoms with Gasteiger partial charge in [-0.3, -0.25) is 0 Å². The van der Waals surface area contributed by atoms with Gasteiger partial charge in [0, 0.05) is 23.7 Å². The molecule has 1 aromatic carbocycles. The maximum absolute atomic E-state index is 11.9. The molecule has 1 unspecified atom stereocenters. The Morgan fingerprint density at radius 2 is 1.88 bits per heavy atom. The fraction of sp³-hybridized carbons (Fsp3) is 0.500. The van der Waals surface area contributed by atoms with Crippen molar-refractivity contribution < 1.29 is 14.4 Å². The Kier molecular flexibility index (Phi) is 5.79. The fourth-order valence-electron chi connectivity index (χ4n) is 1.95. The van der Waals surface area contributed by atoms with Crippen LogP contribution in [0.4, 0.5) is 10.5 Å². The zero-order valence-corrected chi connectivity index (χ0v) is 15.3. The van der Waals surface area contributed by atoms with Gasteiger partial charge < -0.3 is 20.3 Å². The Labute approximate surface area is 147 Å². The van der Waals surface area contributed by atoms with Crippen LogP contribution in [0.1, 0.15) is 46.4 Å². The van der Waals surface area contributed by atoms with E-state index in [9.17, 15) is 9.90 Å². The van der Waals surface area contributed by atoms with Gasteiger partial charge in [0.05, 0.1) is 6.10 Å². The fourth-order valence-corrected chi connectivity index (χ4v) is 1.95. The molecule has 0 radical (unpaired) electrons. The Bertz CT molecular complexity index is 702. The SMILES string of the molecule is CC(C)c1noc(-c2ccc(NC(=O)NCC(O)C(C)(C)C)cc2)n1. The van der Waals surface area contributed by atoms with Crippen LogP contribution in [0.3, 0.4) is 0 Å². The van der Waals surface area contributed by atoms with E-state index < -0.39 is 6.10 Å². The second-order valence-corrected chi connectivity index (χ2v) is 7.41. The smallest absolute Gasteiger partial charge is 0.319 e. The number of aliphatic hydroxyl groups excluding tert-OH is 1.